The second kappa shape index (κ2) is 11.3. The summed E-state index contributed by atoms with van der Waals surface area (Å²) in [6.07, 6.45) is 3.79. The third kappa shape index (κ3) is 5.87. The van der Waals surface area contributed by atoms with Crippen LogP contribution in [0.4, 0.5) is 4.79 Å². The number of hydrogen-bond donors (Lipinski definition) is 3. The molecule has 1 saturated heterocycles. The number of rotatable bonds is 9. The molecule has 10 heteroatoms. The summed E-state index contributed by atoms with van der Waals surface area (Å²) in [5.74, 6) is 0.0343. The highest BCUT2D eigenvalue weighted by atomic mass is 32.1. The summed E-state index contributed by atoms with van der Waals surface area (Å²) in [6.45, 7) is 4.37. The Morgan fingerprint density at radius 2 is 2.09 bits per heavy atom. The Labute approximate surface area is 202 Å². The lowest BCUT2D eigenvalue weighted by Crippen LogP contribution is -2.49. The van der Waals surface area contributed by atoms with Crippen LogP contribution >= 0.6 is 11.3 Å². The molecule has 0 bridgehead atoms. The van der Waals surface area contributed by atoms with E-state index in [1.807, 2.05) is 11.4 Å². The zero-order valence-corrected chi connectivity index (χ0v) is 20.0. The fourth-order valence-electron chi connectivity index (χ4n) is 4.35. The minimum absolute atomic E-state index is 0.0310. The van der Waals surface area contributed by atoms with Crippen molar-refractivity contribution in [2.75, 3.05) is 32.8 Å². The molecule has 2 aromatic rings. The molecule has 0 aromatic carbocycles. The zero-order valence-electron chi connectivity index (χ0n) is 19.2. The molecule has 2 aromatic heterocycles. The number of urea groups is 1. The van der Waals surface area contributed by atoms with E-state index in [2.05, 4.69) is 26.9 Å². The van der Waals surface area contributed by atoms with Crippen LogP contribution in [-0.4, -0.2) is 55.6 Å². The minimum atomic E-state index is -0.718. The first-order valence-electron chi connectivity index (χ1n) is 11.6. The highest BCUT2D eigenvalue weighted by Gasteiger charge is 2.36. The molecule has 9 nitrogen and oxygen atoms in total. The summed E-state index contributed by atoms with van der Waals surface area (Å²) in [7, 11) is 0. The monoisotopic (exact) mass is 486 g/mol. The molecular formula is C24H30N4O5S. The number of ether oxygens (including phenoxy) is 1. The highest BCUT2D eigenvalue weighted by Crippen LogP contribution is 2.29. The normalized spacial score (nSPS) is 19.4. The van der Waals surface area contributed by atoms with Crippen LogP contribution in [0.3, 0.4) is 0 Å². The van der Waals surface area contributed by atoms with Crippen molar-refractivity contribution in [1.82, 2.24) is 20.9 Å². The molecule has 0 spiro atoms. The van der Waals surface area contributed by atoms with Gasteiger partial charge in [-0.3, -0.25) is 9.69 Å². The number of carbonyl (C=O) groups excluding carboxylic acids is 3. The predicted molar refractivity (Wildman–Crippen MR) is 127 cm³/mol. The van der Waals surface area contributed by atoms with Crippen LogP contribution in [0.1, 0.15) is 36.4 Å². The van der Waals surface area contributed by atoms with E-state index < -0.39 is 18.0 Å². The van der Waals surface area contributed by atoms with Crippen molar-refractivity contribution in [3.05, 3.63) is 57.8 Å². The van der Waals surface area contributed by atoms with Gasteiger partial charge in [0.05, 0.1) is 18.4 Å². The first kappa shape index (κ1) is 24.0. The zero-order chi connectivity index (χ0) is 23.9. The van der Waals surface area contributed by atoms with Gasteiger partial charge >= 0.3 is 12.0 Å². The number of furan rings is 1. The smallest absolute Gasteiger partial charge is 0.338 e. The highest BCUT2D eigenvalue weighted by molar-refractivity contribution is 7.09. The lowest BCUT2D eigenvalue weighted by Gasteiger charge is -2.34. The van der Waals surface area contributed by atoms with E-state index in [1.54, 1.807) is 30.4 Å². The van der Waals surface area contributed by atoms with Gasteiger partial charge in [-0.25, -0.2) is 9.59 Å². The Morgan fingerprint density at radius 1 is 1.26 bits per heavy atom. The Bertz CT molecular complexity index is 1010. The Kier molecular flexibility index (Phi) is 8.02. The first-order valence-corrected chi connectivity index (χ1v) is 12.5. The van der Waals surface area contributed by atoms with Crippen LogP contribution in [0.2, 0.25) is 0 Å². The molecule has 4 heterocycles. The predicted octanol–water partition coefficient (Wildman–Crippen LogP) is 2.58. The fourth-order valence-corrected chi connectivity index (χ4v) is 5.06. The van der Waals surface area contributed by atoms with Crippen molar-refractivity contribution in [2.45, 2.75) is 32.2 Å². The van der Waals surface area contributed by atoms with Crippen LogP contribution in [0.25, 0.3) is 0 Å². The molecule has 1 fully saturated rings. The SMILES string of the molecule is CCOC(=O)C1=C(CN2CCC(C(=O)NCCc3cccs3)CC2)NC(=O)NC1c1ccco1. The van der Waals surface area contributed by atoms with Crippen molar-refractivity contribution in [1.29, 1.82) is 0 Å². The molecule has 182 valence electrons. The van der Waals surface area contributed by atoms with Crippen LogP contribution in [0.5, 0.6) is 0 Å². The second-order valence-corrected chi connectivity index (χ2v) is 9.36. The summed E-state index contributed by atoms with van der Waals surface area (Å²) < 4.78 is 10.7. The van der Waals surface area contributed by atoms with Crippen LogP contribution in [0, 0.1) is 5.92 Å². The molecule has 0 saturated carbocycles. The molecule has 0 aliphatic carbocycles. The molecule has 0 radical (unpaired) electrons. The maximum Gasteiger partial charge on any atom is 0.338 e. The lowest BCUT2D eigenvalue weighted by atomic mass is 9.95. The largest absolute Gasteiger partial charge is 0.467 e. The van der Waals surface area contributed by atoms with Crippen molar-refractivity contribution >= 4 is 29.2 Å². The molecular weight excluding hydrogens is 456 g/mol. The maximum absolute atomic E-state index is 12.8. The Hall–Kier alpha value is -3.11. The van der Waals surface area contributed by atoms with Gasteiger partial charge in [-0.1, -0.05) is 6.07 Å². The molecule has 2 aliphatic rings. The van der Waals surface area contributed by atoms with E-state index in [-0.39, 0.29) is 18.4 Å². The molecule has 4 rings (SSSR count). The fraction of sp³-hybridized carbons (Fsp3) is 0.458. The summed E-state index contributed by atoms with van der Waals surface area (Å²) in [5, 5.41) is 10.6. The molecule has 34 heavy (non-hydrogen) atoms. The maximum atomic E-state index is 12.8. The van der Waals surface area contributed by atoms with Gasteiger partial charge < -0.3 is 25.1 Å². The number of piperidine rings is 1. The third-order valence-electron chi connectivity index (χ3n) is 6.07. The van der Waals surface area contributed by atoms with Crippen molar-refractivity contribution in [3.8, 4) is 0 Å². The van der Waals surface area contributed by atoms with Crippen LogP contribution < -0.4 is 16.0 Å². The number of amides is 3. The Balaban J connectivity index is 1.37. The molecule has 1 unspecified atom stereocenters. The number of thiophene rings is 1. The van der Waals surface area contributed by atoms with Gasteiger partial charge in [0.1, 0.15) is 11.8 Å². The summed E-state index contributed by atoms with van der Waals surface area (Å²) in [4.78, 5) is 41.1. The number of esters is 1. The topological polar surface area (TPSA) is 113 Å². The van der Waals surface area contributed by atoms with E-state index in [4.69, 9.17) is 9.15 Å². The van der Waals surface area contributed by atoms with E-state index in [0.717, 1.165) is 19.3 Å². The third-order valence-corrected chi connectivity index (χ3v) is 7.00. The number of carbonyl (C=O) groups is 3. The summed E-state index contributed by atoms with van der Waals surface area (Å²) in [5.41, 5.74) is 0.840. The van der Waals surface area contributed by atoms with Crippen molar-refractivity contribution in [2.24, 2.45) is 5.92 Å². The standard InChI is InChI=1S/C24H30N4O5S/c1-2-32-23(30)20-18(26-24(31)27-21(20)19-6-3-13-33-19)15-28-11-8-16(9-12-28)22(29)25-10-7-17-5-4-14-34-17/h3-6,13-14,16,21H,2,7-12,15H2,1H3,(H,25,29)(H2,26,27,31). The summed E-state index contributed by atoms with van der Waals surface area (Å²) in [6, 6.07) is 6.40. The average Bonchev–Trinajstić information content (AvgIpc) is 3.54. The first-order chi connectivity index (χ1) is 16.5. The Morgan fingerprint density at radius 3 is 2.76 bits per heavy atom. The van der Waals surface area contributed by atoms with Crippen LogP contribution in [0.15, 0.2) is 51.6 Å². The van der Waals surface area contributed by atoms with Gasteiger partial charge in [0, 0.05) is 29.6 Å². The second-order valence-electron chi connectivity index (χ2n) is 8.33. The van der Waals surface area contributed by atoms with Gasteiger partial charge in [0.25, 0.3) is 0 Å². The molecule has 1 atom stereocenters. The summed E-state index contributed by atoms with van der Waals surface area (Å²) >= 11 is 1.70. The van der Waals surface area contributed by atoms with Gasteiger partial charge in [-0.2, -0.15) is 0 Å². The number of hydrogen-bond acceptors (Lipinski definition) is 7. The van der Waals surface area contributed by atoms with Crippen LogP contribution in [-0.2, 0) is 20.7 Å². The van der Waals surface area contributed by atoms with Crippen molar-refractivity contribution < 1.29 is 23.5 Å². The van der Waals surface area contributed by atoms with Gasteiger partial charge in [0.15, 0.2) is 0 Å². The number of nitrogens with zero attached hydrogens (tertiary/aromatic N) is 1. The van der Waals surface area contributed by atoms with E-state index >= 15 is 0 Å². The van der Waals surface area contributed by atoms with E-state index in [0.29, 0.717) is 43.2 Å². The van der Waals surface area contributed by atoms with Gasteiger partial charge in [0.2, 0.25) is 5.91 Å². The average molecular weight is 487 g/mol. The number of nitrogens with one attached hydrogen (secondary N) is 3. The van der Waals surface area contributed by atoms with Gasteiger partial charge in [-0.05, 0) is 62.9 Å². The molecule has 2 aliphatic heterocycles. The van der Waals surface area contributed by atoms with Gasteiger partial charge in [-0.15, -0.1) is 11.3 Å². The minimum Gasteiger partial charge on any atom is -0.467 e. The van der Waals surface area contributed by atoms with E-state index in [9.17, 15) is 14.4 Å². The number of likely N-dealkylation sites (tertiary alicyclic amines) is 1. The lowest BCUT2D eigenvalue weighted by molar-refractivity contribution is -0.139. The van der Waals surface area contributed by atoms with E-state index in [1.165, 1.54) is 11.1 Å². The van der Waals surface area contributed by atoms with Crippen molar-refractivity contribution in [3.63, 3.8) is 0 Å². The molecule has 3 amide bonds. The quantitative estimate of drug-likeness (QED) is 0.470. The molecule has 3 N–H and O–H groups in total.